The van der Waals surface area contributed by atoms with E-state index in [1.165, 1.54) is 7.11 Å². The molecule has 1 amide bonds. The van der Waals surface area contributed by atoms with Crippen molar-refractivity contribution in [1.29, 1.82) is 0 Å². The minimum absolute atomic E-state index is 0.106. The van der Waals surface area contributed by atoms with Gasteiger partial charge in [-0.25, -0.2) is 4.98 Å². The van der Waals surface area contributed by atoms with Gasteiger partial charge in [0.15, 0.2) is 11.5 Å². The number of primary amides is 1. The maximum Gasteiger partial charge on any atom is 0.271 e. The Kier molecular flexibility index (Phi) is 3.05. The van der Waals surface area contributed by atoms with E-state index in [0.717, 1.165) is 0 Å². The molecule has 0 unspecified atom stereocenters. The number of rotatable bonds is 3. The number of amides is 1. The zero-order valence-corrected chi connectivity index (χ0v) is 9.49. The fraction of sp³-hybridized carbons (Fsp3) is 0.0909. The van der Waals surface area contributed by atoms with Crippen LogP contribution < -0.4 is 10.5 Å². The minimum atomic E-state index is -0.858. The van der Waals surface area contributed by atoms with Crippen molar-refractivity contribution in [3.8, 4) is 23.0 Å². The molecular weight excluding hydrogens is 236 g/mol. The Morgan fingerprint density at radius 2 is 2.00 bits per heavy atom. The van der Waals surface area contributed by atoms with Crippen LogP contribution in [0.4, 0.5) is 0 Å². The number of carbonyl (C=O) groups excluding carboxylic acids is 1. The largest absolute Gasteiger partial charge is 0.501 e. The molecule has 0 radical (unpaired) electrons. The molecule has 7 heteroatoms. The Hall–Kier alpha value is -2.70. The average Bonchev–Trinajstić information content (AvgIpc) is 2.39. The number of hydrogen-bond donors (Lipinski definition) is 2. The van der Waals surface area contributed by atoms with Gasteiger partial charge < -0.3 is 15.6 Å². The van der Waals surface area contributed by atoms with E-state index in [9.17, 15) is 9.90 Å². The van der Waals surface area contributed by atoms with Gasteiger partial charge >= 0.3 is 0 Å². The molecule has 7 nitrogen and oxygen atoms in total. The summed E-state index contributed by atoms with van der Waals surface area (Å²) in [5, 5.41) is 9.67. The smallest absolute Gasteiger partial charge is 0.271 e. The summed E-state index contributed by atoms with van der Waals surface area (Å²) in [7, 11) is 1.32. The molecule has 2 rings (SSSR count). The molecule has 18 heavy (non-hydrogen) atoms. The van der Waals surface area contributed by atoms with Crippen molar-refractivity contribution in [3.05, 3.63) is 30.2 Å². The van der Waals surface area contributed by atoms with E-state index < -0.39 is 11.7 Å². The van der Waals surface area contributed by atoms with Crippen LogP contribution in [0, 0.1) is 0 Å². The van der Waals surface area contributed by atoms with Crippen molar-refractivity contribution >= 4 is 5.91 Å². The summed E-state index contributed by atoms with van der Waals surface area (Å²) in [4.78, 5) is 22.9. The predicted octanol–water partition coefficient (Wildman–Crippen LogP) is 0.352. The van der Waals surface area contributed by atoms with Gasteiger partial charge in [-0.3, -0.25) is 9.78 Å². The molecule has 2 aromatic rings. The molecule has 0 atom stereocenters. The summed E-state index contributed by atoms with van der Waals surface area (Å²) in [5.41, 5.74) is 5.47. The quantitative estimate of drug-likeness (QED) is 0.808. The molecule has 2 heterocycles. The van der Waals surface area contributed by atoms with E-state index in [1.807, 2.05) is 0 Å². The first-order valence-electron chi connectivity index (χ1n) is 4.98. The number of nitrogens with zero attached hydrogens (tertiary/aromatic N) is 3. The highest BCUT2D eigenvalue weighted by molar-refractivity contribution is 5.94. The van der Waals surface area contributed by atoms with Gasteiger partial charge in [0, 0.05) is 18.0 Å². The first-order valence-corrected chi connectivity index (χ1v) is 4.98. The molecule has 0 aromatic carbocycles. The zero-order chi connectivity index (χ0) is 13.1. The van der Waals surface area contributed by atoms with E-state index in [0.29, 0.717) is 5.56 Å². The predicted molar refractivity (Wildman–Crippen MR) is 62.0 cm³/mol. The molecule has 0 bridgehead atoms. The highest BCUT2D eigenvalue weighted by Crippen LogP contribution is 2.28. The number of aromatic nitrogens is 3. The van der Waals surface area contributed by atoms with Gasteiger partial charge in [-0.2, -0.15) is 4.98 Å². The van der Waals surface area contributed by atoms with Gasteiger partial charge in [0.1, 0.15) is 0 Å². The summed E-state index contributed by atoms with van der Waals surface area (Å²) in [5.74, 6) is -1.21. The van der Waals surface area contributed by atoms with Crippen LogP contribution in [-0.2, 0) is 0 Å². The second-order valence-electron chi connectivity index (χ2n) is 3.35. The third kappa shape index (κ3) is 2.05. The van der Waals surface area contributed by atoms with Crippen LogP contribution in [0.2, 0.25) is 0 Å². The minimum Gasteiger partial charge on any atom is -0.501 e. The monoisotopic (exact) mass is 246 g/mol. The third-order valence-electron chi connectivity index (χ3n) is 2.22. The number of nitrogens with two attached hydrogens (primary N) is 1. The Morgan fingerprint density at radius 3 is 2.56 bits per heavy atom. The van der Waals surface area contributed by atoms with Gasteiger partial charge in [0.05, 0.1) is 7.11 Å². The first kappa shape index (κ1) is 11.8. The molecule has 2 aromatic heterocycles. The Morgan fingerprint density at radius 1 is 1.33 bits per heavy atom. The molecule has 0 spiro atoms. The summed E-state index contributed by atoms with van der Waals surface area (Å²) >= 11 is 0. The van der Waals surface area contributed by atoms with E-state index >= 15 is 0 Å². The highest BCUT2D eigenvalue weighted by Gasteiger charge is 2.18. The van der Waals surface area contributed by atoms with Crippen molar-refractivity contribution in [3.63, 3.8) is 0 Å². The van der Waals surface area contributed by atoms with Crippen molar-refractivity contribution < 1.29 is 14.6 Å². The molecule has 0 aliphatic carbocycles. The number of aromatic hydroxyl groups is 1. The number of methoxy groups -OCH3 is 1. The van der Waals surface area contributed by atoms with Crippen molar-refractivity contribution in [1.82, 2.24) is 15.0 Å². The second kappa shape index (κ2) is 4.66. The van der Waals surface area contributed by atoms with Crippen molar-refractivity contribution in [2.45, 2.75) is 0 Å². The first-order chi connectivity index (χ1) is 8.63. The van der Waals surface area contributed by atoms with Gasteiger partial charge in [0.2, 0.25) is 5.75 Å². The number of pyridine rings is 1. The van der Waals surface area contributed by atoms with E-state index in [1.54, 1.807) is 24.5 Å². The molecule has 0 saturated heterocycles. The lowest BCUT2D eigenvalue weighted by Crippen LogP contribution is -2.15. The van der Waals surface area contributed by atoms with Crippen LogP contribution in [-0.4, -0.2) is 33.1 Å². The van der Waals surface area contributed by atoms with Crippen LogP contribution in [0.15, 0.2) is 24.5 Å². The van der Waals surface area contributed by atoms with Gasteiger partial charge in [-0.1, -0.05) is 0 Å². The maximum absolute atomic E-state index is 11.2. The standard InChI is InChI=1S/C11H10N4O3/c1-18-11-8(16)7(9(12)17)14-10(15-11)6-2-4-13-5-3-6/h2-5,16H,1H3,(H2,12,17). The van der Waals surface area contributed by atoms with Crippen molar-refractivity contribution in [2.75, 3.05) is 7.11 Å². The Balaban J connectivity index is 2.63. The molecule has 3 N–H and O–H groups in total. The second-order valence-corrected chi connectivity index (χ2v) is 3.35. The van der Waals surface area contributed by atoms with Crippen LogP contribution in [0.3, 0.4) is 0 Å². The third-order valence-corrected chi connectivity index (χ3v) is 2.22. The zero-order valence-electron chi connectivity index (χ0n) is 9.49. The fourth-order valence-electron chi connectivity index (χ4n) is 1.38. The Bertz CT molecular complexity index is 586. The number of hydrogen-bond acceptors (Lipinski definition) is 6. The normalized spacial score (nSPS) is 10.1. The maximum atomic E-state index is 11.2. The SMILES string of the molecule is COc1nc(-c2ccncc2)nc(C(N)=O)c1O. The topological polar surface area (TPSA) is 111 Å². The van der Waals surface area contributed by atoms with Crippen molar-refractivity contribution in [2.24, 2.45) is 5.73 Å². The number of ether oxygens (including phenoxy) is 1. The fourth-order valence-corrected chi connectivity index (χ4v) is 1.38. The Labute approximate surface area is 102 Å². The van der Waals surface area contributed by atoms with E-state index in [-0.39, 0.29) is 17.4 Å². The van der Waals surface area contributed by atoms with Crippen LogP contribution in [0.25, 0.3) is 11.4 Å². The molecule has 0 aliphatic heterocycles. The van der Waals surface area contributed by atoms with Gasteiger partial charge in [0.25, 0.3) is 11.8 Å². The summed E-state index contributed by atoms with van der Waals surface area (Å²) in [6, 6.07) is 3.33. The van der Waals surface area contributed by atoms with E-state index in [2.05, 4.69) is 15.0 Å². The van der Waals surface area contributed by atoms with Crippen LogP contribution >= 0.6 is 0 Å². The highest BCUT2D eigenvalue weighted by atomic mass is 16.5. The summed E-state index contributed by atoms with van der Waals surface area (Å²) in [6.45, 7) is 0. The molecule has 0 saturated carbocycles. The average molecular weight is 246 g/mol. The van der Waals surface area contributed by atoms with Crippen LogP contribution in [0.1, 0.15) is 10.5 Å². The van der Waals surface area contributed by atoms with Crippen LogP contribution in [0.5, 0.6) is 11.6 Å². The molecular formula is C11H10N4O3. The lowest BCUT2D eigenvalue weighted by molar-refractivity contribution is 0.0991. The summed E-state index contributed by atoms with van der Waals surface area (Å²) < 4.78 is 4.87. The molecule has 0 aliphatic rings. The lowest BCUT2D eigenvalue weighted by atomic mass is 10.2. The molecule has 0 fully saturated rings. The summed E-state index contributed by atoms with van der Waals surface area (Å²) in [6.07, 6.45) is 3.12. The van der Waals surface area contributed by atoms with Gasteiger partial charge in [-0.15, -0.1) is 0 Å². The molecule has 92 valence electrons. The lowest BCUT2D eigenvalue weighted by Gasteiger charge is -2.07. The van der Waals surface area contributed by atoms with E-state index in [4.69, 9.17) is 10.5 Å². The van der Waals surface area contributed by atoms with Gasteiger partial charge in [-0.05, 0) is 12.1 Å². The number of carbonyl (C=O) groups is 1.